The summed E-state index contributed by atoms with van der Waals surface area (Å²) < 4.78 is 53.9. The van der Waals surface area contributed by atoms with Crippen molar-refractivity contribution in [3.05, 3.63) is 23.8 Å². The summed E-state index contributed by atoms with van der Waals surface area (Å²) in [6.45, 7) is 0.499. The van der Waals surface area contributed by atoms with Gasteiger partial charge < -0.3 is 9.64 Å². The molecule has 8 heteroatoms. The van der Waals surface area contributed by atoms with Gasteiger partial charge in [-0.2, -0.15) is 0 Å². The number of hydrogen-bond acceptors (Lipinski definition) is 4. The molecule has 0 radical (unpaired) electrons. The zero-order chi connectivity index (χ0) is 13.9. The molecule has 0 aromatic heterocycles. The first-order valence-electron chi connectivity index (χ1n) is 5.01. The van der Waals surface area contributed by atoms with Crippen LogP contribution >= 0.6 is 0 Å². The van der Waals surface area contributed by atoms with E-state index >= 15 is 0 Å². The minimum Gasteiger partial charge on any atom is -0.488 e. The first-order valence-corrected chi connectivity index (χ1v) is 6.56. The van der Waals surface area contributed by atoms with E-state index in [1.807, 2.05) is 0 Å². The number of rotatable bonds is 5. The van der Waals surface area contributed by atoms with Crippen molar-refractivity contribution in [3.63, 3.8) is 0 Å². The predicted molar refractivity (Wildman–Crippen MR) is 61.8 cm³/mol. The van der Waals surface area contributed by atoms with Crippen molar-refractivity contribution in [3.8, 4) is 5.75 Å². The van der Waals surface area contributed by atoms with Crippen LogP contribution in [0.4, 0.5) is 8.78 Å². The van der Waals surface area contributed by atoms with Gasteiger partial charge in [0, 0.05) is 12.6 Å². The summed E-state index contributed by atoms with van der Waals surface area (Å²) in [5, 5.41) is 4.88. The third-order valence-electron chi connectivity index (χ3n) is 2.07. The van der Waals surface area contributed by atoms with E-state index in [1.165, 1.54) is 0 Å². The second-order valence-corrected chi connectivity index (χ2v) is 5.44. The molecule has 0 aliphatic heterocycles. The van der Waals surface area contributed by atoms with Crippen LogP contribution in [0, 0.1) is 11.6 Å². The highest BCUT2D eigenvalue weighted by Gasteiger charge is 2.21. The highest BCUT2D eigenvalue weighted by Crippen LogP contribution is 2.27. The fourth-order valence-electron chi connectivity index (χ4n) is 1.22. The van der Waals surface area contributed by atoms with Crippen LogP contribution in [-0.2, 0) is 10.0 Å². The van der Waals surface area contributed by atoms with Gasteiger partial charge in [-0.05, 0) is 20.2 Å². The topological polar surface area (TPSA) is 72.6 Å². The van der Waals surface area contributed by atoms with Crippen LogP contribution in [0.15, 0.2) is 17.0 Å². The molecule has 0 heterocycles. The zero-order valence-corrected chi connectivity index (χ0v) is 10.8. The summed E-state index contributed by atoms with van der Waals surface area (Å²) in [6, 6.07) is 1.17. The van der Waals surface area contributed by atoms with E-state index < -0.39 is 32.3 Å². The first kappa shape index (κ1) is 14.8. The number of ether oxygens (including phenoxy) is 1. The van der Waals surface area contributed by atoms with Gasteiger partial charge >= 0.3 is 0 Å². The van der Waals surface area contributed by atoms with E-state index in [9.17, 15) is 17.2 Å². The van der Waals surface area contributed by atoms with Gasteiger partial charge in [-0.25, -0.2) is 22.3 Å². The minimum absolute atomic E-state index is 0.0536. The van der Waals surface area contributed by atoms with Gasteiger partial charge in [-0.15, -0.1) is 0 Å². The Labute approximate surface area is 104 Å². The number of sulfonamides is 1. The monoisotopic (exact) mass is 280 g/mol. The minimum atomic E-state index is -4.25. The number of halogens is 2. The highest BCUT2D eigenvalue weighted by molar-refractivity contribution is 7.89. The highest BCUT2D eigenvalue weighted by atomic mass is 32.2. The molecule has 0 aliphatic rings. The second-order valence-electron chi connectivity index (χ2n) is 3.91. The molecule has 0 atom stereocenters. The lowest BCUT2D eigenvalue weighted by Crippen LogP contribution is -2.21. The summed E-state index contributed by atoms with van der Waals surface area (Å²) >= 11 is 0. The van der Waals surface area contributed by atoms with E-state index in [2.05, 4.69) is 0 Å². The Hall–Kier alpha value is -1.25. The van der Waals surface area contributed by atoms with Gasteiger partial charge in [0.15, 0.2) is 11.6 Å². The maximum atomic E-state index is 13.5. The summed E-state index contributed by atoms with van der Waals surface area (Å²) in [7, 11) is -0.710. The Morgan fingerprint density at radius 1 is 1.33 bits per heavy atom. The Balaban J connectivity index is 3.09. The van der Waals surface area contributed by atoms with Crippen LogP contribution in [0.25, 0.3) is 0 Å². The fourth-order valence-corrected chi connectivity index (χ4v) is 1.91. The van der Waals surface area contributed by atoms with Crippen LogP contribution in [-0.4, -0.2) is 40.6 Å². The molecule has 0 saturated heterocycles. The lowest BCUT2D eigenvalue weighted by Gasteiger charge is -2.13. The van der Waals surface area contributed by atoms with Crippen molar-refractivity contribution in [1.29, 1.82) is 0 Å². The predicted octanol–water partition coefficient (Wildman–Crippen LogP) is 0.553. The molecule has 0 bridgehead atoms. The molecule has 102 valence electrons. The first-order chi connectivity index (χ1) is 8.21. The molecule has 0 unspecified atom stereocenters. The van der Waals surface area contributed by atoms with Crippen LogP contribution in [0.5, 0.6) is 5.75 Å². The van der Waals surface area contributed by atoms with Crippen molar-refractivity contribution in [1.82, 2.24) is 4.90 Å². The summed E-state index contributed by atoms with van der Waals surface area (Å²) in [6.07, 6.45) is 0. The molecule has 5 nitrogen and oxygen atoms in total. The SMILES string of the molecule is CN(C)CCOc1c(F)cc(F)cc1S(N)(=O)=O. The lowest BCUT2D eigenvalue weighted by atomic mass is 10.3. The Bertz CT molecular complexity index is 532. The van der Waals surface area contributed by atoms with Crippen molar-refractivity contribution in [2.75, 3.05) is 27.2 Å². The molecule has 1 rings (SSSR count). The standard InChI is InChI=1S/C10H14F2N2O3S/c1-14(2)3-4-17-10-8(12)5-7(11)6-9(10)18(13,15)16/h5-6H,3-4H2,1-2H3,(H2,13,15,16). The van der Waals surface area contributed by atoms with Gasteiger partial charge in [-0.1, -0.05) is 0 Å². The largest absolute Gasteiger partial charge is 0.488 e. The molecule has 0 saturated carbocycles. The number of nitrogens with two attached hydrogens (primary N) is 1. The molecule has 0 amide bonds. The average molecular weight is 280 g/mol. The van der Waals surface area contributed by atoms with Crippen LogP contribution in [0.1, 0.15) is 0 Å². The van der Waals surface area contributed by atoms with Crippen LogP contribution in [0.2, 0.25) is 0 Å². The third kappa shape index (κ3) is 3.90. The van der Waals surface area contributed by atoms with Crippen LogP contribution in [0.3, 0.4) is 0 Å². The number of benzene rings is 1. The molecular formula is C10H14F2N2O3S. The van der Waals surface area contributed by atoms with E-state index in [0.717, 1.165) is 0 Å². The molecule has 0 aliphatic carbocycles. The molecule has 18 heavy (non-hydrogen) atoms. The fraction of sp³-hybridized carbons (Fsp3) is 0.400. The van der Waals surface area contributed by atoms with Gasteiger partial charge in [0.05, 0.1) is 0 Å². The van der Waals surface area contributed by atoms with Crippen molar-refractivity contribution in [2.45, 2.75) is 4.90 Å². The summed E-state index contributed by atoms with van der Waals surface area (Å²) in [4.78, 5) is 1.07. The van der Waals surface area contributed by atoms with Gasteiger partial charge in [0.25, 0.3) is 0 Å². The molecule has 0 fully saturated rings. The second kappa shape index (κ2) is 5.59. The number of hydrogen-bond donors (Lipinski definition) is 1. The maximum absolute atomic E-state index is 13.5. The molecule has 1 aromatic rings. The van der Waals surface area contributed by atoms with E-state index in [1.54, 1.807) is 19.0 Å². The average Bonchev–Trinajstić information content (AvgIpc) is 2.18. The quantitative estimate of drug-likeness (QED) is 0.855. The lowest BCUT2D eigenvalue weighted by molar-refractivity contribution is 0.246. The third-order valence-corrected chi connectivity index (χ3v) is 2.98. The summed E-state index contributed by atoms with van der Waals surface area (Å²) in [5.41, 5.74) is 0. The van der Waals surface area contributed by atoms with Gasteiger partial charge in [0.1, 0.15) is 17.3 Å². The van der Waals surface area contributed by atoms with Gasteiger partial charge in [0.2, 0.25) is 10.0 Å². The summed E-state index contributed by atoms with van der Waals surface area (Å²) in [5.74, 6) is -2.69. The Morgan fingerprint density at radius 3 is 2.44 bits per heavy atom. The molecule has 1 aromatic carbocycles. The van der Waals surface area contributed by atoms with Crippen molar-refractivity contribution < 1.29 is 21.9 Å². The molecule has 2 N–H and O–H groups in total. The number of likely N-dealkylation sites (N-methyl/N-ethyl adjacent to an activating group) is 1. The zero-order valence-electron chi connectivity index (χ0n) is 9.98. The number of primary sulfonamides is 1. The van der Waals surface area contributed by atoms with Crippen LogP contribution < -0.4 is 9.88 Å². The Morgan fingerprint density at radius 2 is 1.94 bits per heavy atom. The normalized spacial score (nSPS) is 11.9. The van der Waals surface area contributed by atoms with E-state index in [0.29, 0.717) is 18.7 Å². The molecular weight excluding hydrogens is 266 g/mol. The van der Waals surface area contributed by atoms with Crippen molar-refractivity contribution in [2.24, 2.45) is 5.14 Å². The van der Waals surface area contributed by atoms with E-state index in [-0.39, 0.29) is 6.61 Å². The van der Waals surface area contributed by atoms with E-state index in [4.69, 9.17) is 9.88 Å². The maximum Gasteiger partial charge on any atom is 0.241 e. The number of nitrogens with zero attached hydrogens (tertiary/aromatic N) is 1. The Kier molecular flexibility index (Phi) is 4.60. The molecule has 0 spiro atoms. The van der Waals surface area contributed by atoms with Crippen molar-refractivity contribution >= 4 is 10.0 Å². The smallest absolute Gasteiger partial charge is 0.241 e. The van der Waals surface area contributed by atoms with Gasteiger partial charge in [-0.3, -0.25) is 0 Å².